The molecular formula is C11H19BrN4O2. The van der Waals surface area contributed by atoms with Crippen LogP contribution in [0.3, 0.4) is 0 Å². The second-order valence-electron chi connectivity index (χ2n) is 3.73. The molecule has 1 aromatic rings. The third-order valence-corrected chi connectivity index (χ3v) is 2.86. The van der Waals surface area contributed by atoms with Gasteiger partial charge in [-0.15, -0.1) is 0 Å². The fourth-order valence-electron chi connectivity index (χ4n) is 1.47. The van der Waals surface area contributed by atoms with Gasteiger partial charge in [-0.2, -0.15) is 4.98 Å². The number of hydrogen-bond acceptors (Lipinski definition) is 6. The zero-order valence-corrected chi connectivity index (χ0v) is 12.0. The van der Waals surface area contributed by atoms with Gasteiger partial charge in [-0.25, -0.2) is 4.98 Å². The first-order chi connectivity index (χ1) is 8.72. The zero-order valence-electron chi connectivity index (χ0n) is 10.4. The number of hydrogen-bond donors (Lipinski definition) is 3. The smallest absolute Gasteiger partial charge is 0.224 e. The van der Waals surface area contributed by atoms with Crippen LogP contribution in [0.1, 0.15) is 13.3 Å². The second kappa shape index (κ2) is 8.23. The third-order valence-electron chi connectivity index (χ3n) is 2.30. The van der Waals surface area contributed by atoms with Crippen molar-refractivity contribution in [3.8, 4) is 0 Å². The van der Waals surface area contributed by atoms with Gasteiger partial charge in [0, 0.05) is 25.8 Å². The molecule has 0 aromatic carbocycles. The molecule has 102 valence electrons. The molecule has 0 unspecified atom stereocenters. The van der Waals surface area contributed by atoms with Crippen LogP contribution >= 0.6 is 15.9 Å². The number of nitrogens with one attached hydrogen (secondary N) is 1. The quantitative estimate of drug-likeness (QED) is 0.659. The lowest BCUT2D eigenvalue weighted by Gasteiger charge is -2.23. The summed E-state index contributed by atoms with van der Waals surface area (Å²) in [5.74, 6) is 1.22. The molecule has 3 N–H and O–H groups in total. The predicted octanol–water partition coefficient (Wildman–Crippen LogP) is 0.852. The molecule has 1 rings (SSSR count). The number of halogens is 1. The maximum absolute atomic E-state index is 9.03. The Hall–Kier alpha value is -0.920. The molecular weight excluding hydrogens is 300 g/mol. The molecule has 0 fully saturated rings. The molecule has 1 heterocycles. The van der Waals surface area contributed by atoms with Crippen molar-refractivity contribution >= 4 is 27.7 Å². The zero-order chi connectivity index (χ0) is 13.4. The lowest BCUT2D eigenvalue weighted by molar-refractivity contribution is 0.280. The second-order valence-corrected chi connectivity index (χ2v) is 4.58. The molecule has 6 nitrogen and oxygen atoms in total. The topological polar surface area (TPSA) is 81.5 Å². The van der Waals surface area contributed by atoms with Gasteiger partial charge in [0.05, 0.1) is 17.7 Å². The molecule has 0 aliphatic carbocycles. The number of nitrogens with zero attached hydrogens (tertiary/aromatic N) is 3. The molecule has 0 aliphatic rings. The Balaban J connectivity index is 2.88. The summed E-state index contributed by atoms with van der Waals surface area (Å²) in [4.78, 5) is 10.3. The van der Waals surface area contributed by atoms with Crippen LogP contribution in [0.5, 0.6) is 0 Å². The molecule has 0 saturated heterocycles. The van der Waals surface area contributed by atoms with Crippen molar-refractivity contribution in [3.05, 3.63) is 10.7 Å². The van der Waals surface area contributed by atoms with Crippen LogP contribution in [0.15, 0.2) is 10.7 Å². The van der Waals surface area contributed by atoms with Crippen molar-refractivity contribution in [2.45, 2.75) is 13.3 Å². The SMILES string of the molecule is CCCNc1ncc(Br)c(N(CCO)CCO)n1. The molecule has 0 saturated carbocycles. The molecule has 7 heteroatoms. The summed E-state index contributed by atoms with van der Waals surface area (Å²) in [7, 11) is 0. The summed E-state index contributed by atoms with van der Waals surface area (Å²) >= 11 is 3.38. The monoisotopic (exact) mass is 318 g/mol. The summed E-state index contributed by atoms with van der Waals surface area (Å²) in [6.45, 7) is 3.73. The van der Waals surface area contributed by atoms with Gasteiger partial charge in [0.1, 0.15) is 5.82 Å². The van der Waals surface area contributed by atoms with Gasteiger partial charge < -0.3 is 20.4 Å². The van der Waals surface area contributed by atoms with Crippen LogP contribution in [0, 0.1) is 0 Å². The Morgan fingerprint density at radius 3 is 2.56 bits per heavy atom. The van der Waals surface area contributed by atoms with Crippen LogP contribution in [0.4, 0.5) is 11.8 Å². The van der Waals surface area contributed by atoms with Crippen LogP contribution < -0.4 is 10.2 Å². The van der Waals surface area contributed by atoms with E-state index in [2.05, 4.69) is 38.1 Å². The average molecular weight is 319 g/mol. The highest BCUT2D eigenvalue weighted by Gasteiger charge is 2.12. The Morgan fingerprint density at radius 1 is 1.33 bits per heavy atom. The minimum atomic E-state index is 0.00810. The summed E-state index contributed by atoms with van der Waals surface area (Å²) in [6.07, 6.45) is 2.66. The number of aromatic nitrogens is 2. The van der Waals surface area contributed by atoms with E-state index in [4.69, 9.17) is 10.2 Å². The number of anilines is 2. The molecule has 0 bridgehead atoms. The summed E-state index contributed by atoms with van der Waals surface area (Å²) < 4.78 is 0.742. The van der Waals surface area contributed by atoms with E-state index in [0.717, 1.165) is 17.4 Å². The van der Waals surface area contributed by atoms with Gasteiger partial charge in [0.25, 0.3) is 0 Å². The van der Waals surface area contributed by atoms with E-state index in [9.17, 15) is 0 Å². The van der Waals surface area contributed by atoms with E-state index in [1.807, 2.05) is 4.90 Å². The van der Waals surface area contributed by atoms with E-state index in [-0.39, 0.29) is 13.2 Å². The van der Waals surface area contributed by atoms with Crippen molar-refractivity contribution in [1.29, 1.82) is 0 Å². The van der Waals surface area contributed by atoms with E-state index in [0.29, 0.717) is 24.9 Å². The summed E-state index contributed by atoms with van der Waals surface area (Å²) in [5.41, 5.74) is 0. The maximum Gasteiger partial charge on any atom is 0.224 e. The van der Waals surface area contributed by atoms with Crippen LogP contribution in [0.25, 0.3) is 0 Å². The number of aliphatic hydroxyl groups is 2. The van der Waals surface area contributed by atoms with E-state index in [1.54, 1.807) is 6.20 Å². The van der Waals surface area contributed by atoms with Crippen molar-refractivity contribution in [2.75, 3.05) is 43.1 Å². The number of aliphatic hydroxyl groups excluding tert-OH is 2. The Bertz CT molecular complexity index is 359. The van der Waals surface area contributed by atoms with Crippen molar-refractivity contribution in [1.82, 2.24) is 9.97 Å². The maximum atomic E-state index is 9.03. The molecule has 0 atom stereocenters. The molecule has 0 spiro atoms. The minimum Gasteiger partial charge on any atom is -0.395 e. The minimum absolute atomic E-state index is 0.00810. The standard InChI is InChI=1S/C11H19BrN4O2/c1-2-3-13-11-14-8-9(12)10(15-11)16(4-6-17)5-7-18/h8,17-18H,2-7H2,1H3,(H,13,14,15). The van der Waals surface area contributed by atoms with Gasteiger partial charge in [0.2, 0.25) is 5.95 Å². The number of rotatable bonds is 8. The lowest BCUT2D eigenvalue weighted by Crippen LogP contribution is -2.31. The fraction of sp³-hybridized carbons (Fsp3) is 0.636. The van der Waals surface area contributed by atoms with Crippen molar-refractivity contribution in [3.63, 3.8) is 0 Å². The molecule has 18 heavy (non-hydrogen) atoms. The first-order valence-corrected chi connectivity index (χ1v) is 6.75. The van der Waals surface area contributed by atoms with E-state index in [1.165, 1.54) is 0 Å². The van der Waals surface area contributed by atoms with Gasteiger partial charge in [-0.3, -0.25) is 0 Å². The third kappa shape index (κ3) is 4.40. The van der Waals surface area contributed by atoms with Gasteiger partial charge in [-0.05, 0) is 22.4 Å². The van der Waals surface area contributed by atoms with Crippen molar-refractivity contribution < 1.29 is 10.2 Å². The summed E-state index contributed by atoms with van der Waals surface area (Å²) in [5, 5.41) is 21.2. The normalized spacial score (nSPS) is 10.4. The first-order valence-electron chi connectivity index (χ1n) is 5.96. The Kier molecular flexibility index (Phi) is 6.92. The van der Waals surface area contributed by atoms with E-state index >= 15 is 0 Å². The van der Waals surface area contributed by atoms with Gasteiger partial charge in [-0.1, -0.05) is 6.92 Å². The Morgan fingerprint density at radius 2 is 2.00 bits per heavy atom. The van der Waals surface area contributed by atoms with Gasteiger partial charge >= 0.3 is 0 Å². The molecule has 0 radical (unpaired) electrons. The highest BCUT2D eigenvalue weighted by Crippen LogP contribution is 2.23. The summed E-state index contributed by atoms with van der Waals surface area (Å²) in [6, 6.07) is 0. The molecule has 0 amide bonds. The lowest BCUT2D eigenvalue weighted by atomic mass is 10.4. The molecule has 1 aromatic heterocycles. The van der Waals surface area contributed by atoms with Gasteiger partial charge in [0.15, 0.2) is 0 Å². The first kappa shape index (κ1) is 15.1. The largest absolute Gasteiger partial charge is 0.395 e. The molecule has 0 aliphatic heterocycles. The fourth-order valence-corrected chi connectivity index (χ4v) is 1.91. The predicted molar refractivity (Wildman–Crippen MR) is 74.9 cm³/mol. The van der Waals surface area contributed by atoms with Crippen LogP contribution in [-0.4, -0.2) is 53.0 Å². The van der Waals surface area contributed by atoms with Crippen LogP contribution in [0.2, 0.25) is 0 Å². The highest BCUT2D eigenvalue weighted by molar-refractivity contribution is 9.10. The Labute approximate surface area is 115 Å². The average Bonchev–Trinajstić information content (AvgIpc) is 2.37. The van der Waals surface area contributed by atoms with Crippen molar-refractivity contribution in [2.24, 2.45) is 0 Å². The van der Waals surface area contributed by atoms with Crippen LogP contribution in [-0.2, 0) is 0 Å². The highest BCUT2D eigenvalue weighted by atomic mass is 79.9. The van der Waals surface area contributed by atoms with E-state index < -0.39 is 0 Å².